The molecule has 8 nitrogen and oxygen atoms in total. The second kappa shape index (κ2) is 8.95. The van der Waals surface area contributed by atoms with Crippen LogP contribution in [0.2, 0.25) is 0 Å². The smallest absolute Gasteiger partial charge is 0.261 e. The number of aliphatic hydroxyl groups excluding tert-OH is 1. The summed E-state index contributed by atoms with van der Waals surface area (Å²) < 4.78 is 15.5. The lowest BCUT2D eigenvalue weighted by Crippen LogP contribution is -2.28. The average Bonchev–Trinajstić information content (AvgIpc) is 3.49. The Labute approximate surface area is 194 Å². The largest absolute Gasteiger partial charge is 0.394 e. The van der Waals surface area contributed by atoms with Crippen LogP contribution in [-0.4, -0.2) is 42.3 Å². The van der Waals surface area contributed by atoms with Crippen LogP contribution >= 0.6 is 0 Å². The van der Waals surface area contributed by atoms with Gasteiger partial charge in [-0.05, 0) is 54.8 Å². The number of nitrogens with one attached hydrogen (secondary N) is 3. The van der Waals surface area contributed by atoms with Crippen molar-refractivity contribution < 1.29 is 9.50 Å². The van der Waals surface area contributed by atoms with E-state index in [4.69, 9.17) is 4.98 Å². The fourth-order valence-corrected chi connectivity index (χ4v) is 4.11. The molecule has 0 fully saturated rings. The molecular weight excluding hydrogens is 435 g/mol. The van der Waals surface area contributed by atoms with Crippen molar-refractivity contribution in [2.75, 3.05) is 11.9 Å². The first-order chi connectivity index (χ1) is 16.5. The van der Waals surface area contributed by atoms with Crippen molar-refractivity contribution in [2.24, 2.45) is 0 Å². The van der Waals surface area contributed by atoms with E-state index in [1.165, 1.54) is 18.3 Å². The maximum Gasteiger partial charge on any atom is 0.261 e. The molecular formula is C25H23FN6O2. The first kappa shape index (κ1) is 21.6. The zero-order valence-electron chi connectivity index (χ0n) is 18.4. The Bertz CT molecular complexity index is 1510. The third-order valence-electron chi connectivity index (χ3n) is 5.71. The van der Waals surface area contributed by atoms with Crippen LogP contribution < -0.4 is 10.9 Å². The van der Waals surface area contributed by atoms with Crippen molar-refractivity contribution in [1.82, 2.24) is 24.5 Å². The van der Waals surface area contributed by atoms with Gasteiger partial charge in [-0.3, -0.25) is 4.79 Å². The number of H-pyrrole nitrogens is 2. The molecule has 0 unspecified atom stereocenters. The Kier molecular flexibility index (Phi) is 5.69. The van der Waals surface area contributed by atoms with Gasteiger partial charge >= 0.3 is 0 Å². The van der Waals surface area contributed by atoms with E-state index < -0.39 is 6.04 Å². The predicted molar refractivity (Wildman–Crippen MR) is 129 cm³/mol. The molecule has 0 saturated carbocycles. The van der Waals surface area contributed by atoms with Crippen LogP contribution in [0.1, 0.15) is 11.1 Å². The van der Waals surface area contributed by atoms with Gasteiger partial charge in [0, 0.05) is 24.3 Å². The highest BCUT2D eigenvalue weighted by Gasteiger charge is 2.18. The molecule has 9 heteroatoms. The minimum absolute atomic E-state index is 0.198. The van der Waals surface area contributed by atoms with Crippen LogP contribution in [0, 0.1) is 12.7 Å². The van der Waals surface area contributed by atoms with Gasteiger partial charge in [0.2, 0.25) is 0 Å². The number of aromatic amines is 2. The monoisotopic (exact) mass is 458 g/mol. The first-order valence-electron chi connectivity index (χ1n) is 10.8. The van der Waals surface area contributed by atoms with Crippen molar-refractivity contribution >= 4 is 16.7 Å². The highest BCUT2D eigenvalue weighted by Crippen LogP contribution is 2.28. The summed E-state index contributed by atoms with van der Waals surface area (Å²) in [5, 5.41) is 13.2. The quantitative estimate of drug-likeness (QED) is 0.298. The van der Waals surface area contributed by atoms with Gasteiger partial charge in [0.05, 0.1) is 35.7 Å². The van der Waals surface area contributed by atoms with E-state index in [-0.39, 0.29) is 18.0 Å². The van der Waals surface area contributed by atoms with Crippen LogP contribution in [0.15, 0.2) is 72.2 Å². The third kappa shape index (κ3) is 4.20. The lowest BCUT2D eigenvalue weighted by molar-refractivity contribution is 0.273. The zero-order chi connectivity index (χ0) is 23.7. The fourth-order valence-electron chi connectivity index (χ4n) is 4.11. The molecule has 3 aromatic heterocycles. The van der Waals surface area contributed by atoms with E-state index >= 15 is 0 Å². The molecule has 1 atom stereocenters. The van der Waals surface area contributed by atoms with Crippen molar-refractivity contribution in [3.8, 4) is 17.1 Å². The Morgan fingerprint density at radius 2 is 2.12 bits per heavy atom. The Balaban J connectivity index is 1.52. The van der Waals surface area contributed by atoms with Gasteiger partial charge in [-0.25, -0.2) is 14.4 Å². The molecule has 0 bridgehead atoms. The van der Waals surface area contributed by atoms with Gasteiger partial charge < -0.3 is 25.0 Å². The number of anilines is 1. The maximum atomic E-state index is 13.6. The molecule has 0 saturated heterocycles. The summed E-state index contributed by atoms with van der Waals surface area (Å²) in [6, 6.07) is 11.5. The highest BCUT2D eigenvalue weighted by molar-refractivity contribution is 5.86. The van der Waals surface area contributed by atoms with Crippen LogP contribution in [0.4, 0.5) is 10.1 Å². The minimum atomic E-state index is -0.429. The molecule has 0 aliphatic rings. The number of aliphatic hydroxyl groups is 1. The van der Waals surface area contributed by atoms with E-state index in [1.54, 1.807) is 30.7 Å². The first-order valence-corrected chi connectivity index (χ1v) is 10.8. The normalized spacial score (nSPS) is 12.2. The second-order valence-electron chi connectivity index (χ2n) is 8.17. The summed E-state index contributed by atoms with van der Waals surface area (Å²) in [6.45, 7) is 1.76. The number of benzene rings is 2. The molecule has 3 heterocycles. The van der Waals surface area contributed by atoms with E-state index in [0.717, 1.165) is 27.8 Å². The summed E-state index contributed by atoms with van der Waals surface area (Å²) in [4.78, 5) is 27.6. The second-order valence-corrected chi connectivity index (χ2v) is 8.17. The van der Waals surface area contributed by atoms with E-state index in [0.29, 0.717) is 23.5 Å². The fraction of sp³-hybridized carbons (Fsp3) is 0.160. The number of halogens is 1. The zero-order valence-corrected chi connectivity index (χ0v) is 18.4. The number of nitrogens with zero attached hydrogens (tertiary/aromatic N) is 3. The van der Waals surface area contributed by atoms with Crippen LogP contribution in [0.3, 0.4) is 0 Å². The van der Waals surface area contributed by atoms with Gasteiger partial charge in [-0.1, -0.05) is 12.1 Å². The summed E-state index contributed by atoms with van der Waals surface area (Å²) in [5.74, 6) is 0.0754. The number of fused-ring (bicyclic) bond motifs is 1. The molecule has 5 aromatic rings. The van der Waals surface area contributed by atoms with Crippen molar-refractivity contribution in [1.29, 1.82) is 0 Å². The highest BCUT2D eigenvalue weighted by atomic mass is 19.1. The number of pyridine rings is 1. The molecule has 0 aliphatic heterocycles. The number of imidazole rings is 2. The Hall–Kier alpha value is -4.24. The topological polar surface area (TPSA) is 112 Å². The molecule has 5 rings (SSSR count). The third-order valence-corrected chi connectivity index (χ3v) is 5.71. The van der Waals surface area contributed by atoms with Gasteiger partial charge in [-0.15, -0.1) is 0 Å². The Morgan fingerprint density at radius 3 is 2.88 bits per heavy atom. The molecule has 172 valence electrons. The van der Waals surface area contributed by atoms with Gasteiger partial charge in [-0.2, -0.15) is 0 Å². The van der Waals surface area contributed by atoms with Crippen LogP contribution in [0.25, 0.3) is 28.1 Å². The number of rotatable bonds is 7. The molecule has 34 heavy (non-hydrogen) atoms. The molecule has 0 radical (unpaired) electrons. The van der Waals surface area contributed by atoms with E-state index in [9.17, 15) is 14.3 Å². The number of hydrogen-bond donors (Lipinski definition) is 4. The lowest BCUT2D eigenvalue weighted by Gasteiger charge is -2.19. The molecule has 0 amide bonds. The Morgan fingerprint density at radius 1 is 1.24 bits per heavy atom. The van der Waals surface area contributed by atoms with Gasteiger partial charge in [0.1, 0.15) is 17.2 Å². The summed E-state index contributed by atoms with van der Waals surface area (Å²) >= 11 is 0. The lowest BCUT2D eigenvalue weighted by atomic mass is 10.1. The summed E-state index contributed by atoms with van der Waals surface area (Å²) in [6.07, 6.45) is 7.20. The molecule has 4 N–H and O–H groups in total. The van der Waals surface area contributed by atoms with Gasteiger partial charge in [0.15, 0.2) is 0 Å². The SMILES string of the molecule is Cc1cc(-n2ccnc2)cc2[nH]c(-c3c(N[C@H](CO)Cc4cccc(F)c4)cc[nH]c3=O)nc12. The minimum Gasteiger partial charge on any atom is -0.394 e. The van der Waals surface area contributed by atoms with Crippen LogP contribution in [-0.2, 0) is 6.42 Å². The standard InChI is InChI=1S/C25H23FN6O2/c1-15-9-19(32-8-7-27-14-32)12-21-23(15)31-24(30-21)22-20(5-6-28-25(22)34)29-18(13-33)11-16-3-2-4-17(26)10-16/h2-10,12,14,18,33H,11,13H2,1H3,(H,30,31)(H2,28,29,34)/t18-/m0/s1. The summed E-state index contributed by atoms with van der Waals surface area (Å²) in [5.41, 5.74) is 4.69. The van der Waals surface area contributed by atoms with E-state index in [2.05, 4.69) is 20.3 Å². The predicted octanol–water partition coefficient (Wildman–Crippen LogP) is 3.57. The maximum absolute atomic E-state index is 13.6. The average molecular weight is 458 g/mol. The molecule has 0 aliphatic carbocycles. The van der Waals surface area contributed by atoms with E-state index in [1.807, 2.05) is 29.8 Å². The summed E-state index contributed by atoms with van der Waals surface area (Å²) in [7, 11) is 0. The van der Waals surface area contributed by atoms with Crippen molar-refractivity contribution in [2.45, 2.75) is 19.4 Å². The molecule has 0 spiro atoms. The molecule has 2 aromatic carbocycles. The van der Waals surface area contributed by atoms with Gasteiger partial charge in [0.25, 0.3) is 5.56 Å². The number of aryl methyl sites for hydroxylation is 1. The van der Waals surface area contributed by atoms with Crippen LogP contribution in [0.5, 0.6) is 0 Å². The number of aromatic nitrogens is 5. The van der Waals surface area contributed by atoms with Crippen molar-refractivity contribution in [3.63, 3.8) is 0 Å². The number of hydrogen-bond acceptors (Lipinski definition) is 5. The van der Waals surface area contributed by atoms with Crippen molar-refractivity contribution in [3.05, 3.63) is 94.7 Å².